The highest BCUT2D eigenvalue weighted by Gasteiger charge is 2.52. The van der Waals surface area contributed by atoms with Gasteiger partial charge in [-0.15, -0.1) is 0 Å². The van der Waals surface area contributed by atoms with E-state index in [4.69, 9.17) is 10.7 Å². The normalized spacial score (nSPS) is 21.9. The van der Waals surface area contributed by atoms with Gasteiger partial charge in [0.2, 0.25) is 0 Å². The molecule has 1 aliphatic rings. The van der Waals surface area contributed by atoms with Gasteiger partial charge in [0.15, 0.2) is 0 Å². The SMILES string of the molecule is [2H]c1cc(B2OC(C)(C)C(C)(C)O2)c2ccn(C)c2c1. The van der Waals surface area contributed by atoms with Crippen LogP contribution in [0.1, 0.15) is 29.1 Å². The van der Waals surface area contributed by atoms with Crippen LogP contribution in [0.3, 0.4) is 0 Å². The predicted octanol–water partition coefficient (Wildman–Crippen LogP) is 2.48. The molecular formula is C15H20BNO2. The quantitative estimate of drug-likeness (QED) is 0.733. The summed E-state index contributed by atoms with van der Waals surface area (Å²) in [5.74, 6) is 0. The van der Waals surface area contributed by atoms with Crippen LogP contribution in [-0.4, -0.2) is 22.9 Å². The van der Waals surface area contributed by atoms with Gasteiger partial charge in [-0.1, -0.05) is 12.1 Å². The van der Waals surface area contributed by atoms with Crippen molar-refractivity contribution in [3.8, 4) is 0 Å². The maximum absolute atomic E-state index is 7.99. The van der Waals surface area contributed by atoms with E-state index in [0.717, 1.165) is 16.4 Å². The van der Waals surface area contributed by atoms with Crippen molar-refractivity contribution in [2.45, 2.75) is 38.9 Å². The molecule has 1 fully saturated rings. The molecule has 0 amide bonds. The van der Waals surface area contributed by atoms with E-state index in [1.165, 1.54) is 0 Å². The highest BCUT2D eigenvalue weighted by Crippen LogP contribution is 2.37. The van der Waals surface area contributed by atoms with Crippen LogP contribution < -0.4 is 5.46 Å². The molecule has 4 heteroatoms. The van der Waals surface area contributed by atoms with Gasteiger partial charge in [0.05, 0.1) is 12.6 Å². The number of rotatable bonds is 1. The lowest BCUT2D eigenvalue weighted by molar-refractivity contribution is 0.00578. The van der Waals surface area contributed by atoms with Gasteiger partial charge in [-0.25, -0.2) is 0 Å². The van der Waals surface area contributed by atoms with E-state index in [-0.39, 0.29) is 11.2 Å². The monoisotopic (exact) mass is 258 g/mol. The first-order chi connectivity index (χ1) is 9.21. The Morgan fingerprint density at radius 2 is 1.74 bits per heavy atom. The Morgan fingerprint density at radius 1 is 1.11 bits per heavy atom. The molecule has 0 aliphatic carbocycles. The maximum atomic E-state index is 7.99. The lowest BCUT2D eigenvalue weighted by Gasteiger charge is -2.32. The Bertz CT molecular complexity index is 662. The third-order valence-electron chi connectivity index (χ3n) is 4.40. The summed E-state index contributed by atoms with van der Waals surface area (Å²) in [6.45, 7) is 8.17. The number of hydrogen-bond acceptors (Lipinski definition) is 2. The van der Waals surface area contributed by atoms with Crippen LogP contribution in [0.2, 0.25) is 0 Å². The molecule has 0 atom stereocenters. The van der Waals surface area contributed by atoms with Crippen molar-refractivity contribution in [1.29, 1.82) is 0 Å². The molecule has 3 nitrogen and oxygen atoms in total. The van der Waals surface area contributed by atoms with Gasteiger partial charge in [-0.3, -0.25) is 0 Å². The summed E-state index contributed by atoms with van der Waals surface area (Å²) in [4.78, 5) is 0. The third kappa shape index (κ3) is 1.82. The number of fused-ring (bicyclic) bond motifs is 1. The minimum Gasteiger partial charge on any atom is -0.399 e. The zero-order valence-electron chi connectivity index (χ0n) is 13.2. The summed E-state index contributed by atoms with van der Waals surface area (Å²) in [7, 11) is 1.56. The molecule has 1 aromatic heterocycles. The van der Waals surface area contributed by atoms with Crippen molar-refractivity contribution in [3.63, 3.8) is 0 Å². The number of aromatic nitrogens is 1. The molecule has 0 bridgehead atoms. The summed E-state index contributed by atoms with van der Waals surface area (Å²) >= 11 is 0. The van der Waals surface area contributed by atoms with Crippen molar-refractivity contribution >= 4 is 23.5 Å². The average Bonchev–Trinajstić information content (AvgIpc) is 2.78. The third-order valence-corrected chi connectivity index (χ3v) is 4.40. The second-order valence-corrected chi connectivity index (χ2v) is 6.22. The van der Waals surface area contributed by atoms with E-state index >= 15 is 0 Å². The van der Waals surface area contributed by atoms with E-state index in [1.54, 1.807) is 0 Å². The minimum absolute atomic E-state index is 0.364. The first-order valence-electron chi connectivity index (χ1n) is 7.12. The highest BCUT2D eigenvalue weighted by molar-refractivity contribution is 6.65. The van der Waals surface area contributed by atoms with E-state index < -0.39 is 7.12 Å². The van der Waals surface area contributed by atoms with Crippen molar-refractivity contribution in [2.75, 3.05) is 0 Å². The van der Waals surface area contributed by atoms with Crippen molar-refractivity contribution in [3.05, 3.63) is 30.4 Å². The second-order valence-electron chi connectivity index (χ2n) is 6.22. The highest BCUT2D eigenvalue weighted by atomic mass is 16.7. The standard InChI is InChI=1S/C15H20BNO2/c1-14(2)15(3,4)19-16(18-14)12-7-6-8-13-11(12)9-10-17(13)5/h6-10H,1-5H3/i6D. The van der Waals surface area contributed by atoms with Crippen LogP contribution in [-0.2, 0) is 16.4 Å². The Balaban J connectivity index is 2.12. The molecule has 19 heavy (non-hydrogen) atoms. The van der Waals surface area contributed by atoms with Crippen LogP contribution in [0, 0.1) is 0 Å². The average molecular weight is 258 g/mol. The van der Waals surface area contributed by atoms with Crippen LogP contribution in [0.5, 0.6) is 0 Å². The van der Waals surface area contributed by atoms with Gasteiger partial charge in [0.25, 0.3) is 0 Å². The molecule has 2 aromatic rings. The van der Waals surface area contributed by atoms with Crippen molar-refractivity contribution in [2.24, 2.45) is 7.05 Å². The Labute approximate surface area is 116 Å². The van der Waals surface area contributed by atoms with Gasteiger partial charge >= 0.3 is 7.12 Å². The van der Waals surface area contributed by atoms with Crippen molar-refractivity contribution < 1.29 is 10.7 Å². The fraction of sp³-hybridized carbons (Fsp3) is 0.467. The topological polar surface area (TPSA) is 23.4 Å². The molecular weight excluding hydrogens is 237 g/mol. The molecule has 3 rings (SSSR count). The van der Waals surface area contributed by atoms with Gasteiger partial charge < -0.3 is 13.9 Å². The first-order valence-corrected chi connectivity index (χ1v) is 6.62. The summed E-state index contributed by atoms with van der Waals surface area (Å²) in [6, 6.07) is 6.23. The number of benzene rings is 1. The number of nitrogens with zero attached hydrogens (tertiary/aromatic N) is 1. The largest absolute Gasteiger partial charge is 0.495 e. The van der Waals surface area contributed by atoms with Crippen LogP contribution in [0.15, 0.2) is 30.4 Å². The molecule has 1 aromatic carbocycles. The Morgan fingerprint density at radius 3 is 2.37 bits per heavy atom. The molecule has 1 saturated heterocycles. The molecule has 1 aliphatic heterocycles. The van der Waals surface area contributed by atoms with Crippen LogP contribution in [0.4, 0.5) is 0 Å². The molecule has 2 heterocycles. The number of hydrogen-bond donors (Lipinski definition) is 0. The molecule has 0 radical (unpaired) electrons. The number of aryl methyl sites for hydroxylation is 1. The predicted molar refractivity (Wildman–Crippen MR) is 78.6 cm³/mol. The fourth-order valence-electron chi connectivity index (χ4n) is 2.42. The van der Waals surface area contributed by atoms with Gasteiger partial charge in [-0.05, 0) is 50.7 Å². The lowest BCUT2D eigenvalue weighted by Crippen LogP contribution is -2.41. The zero-order chi connectivity index (χ0) is 14.7. The molecule has 0 saturated carbocycles. The van der Waals surface area contributed by atoms with E-state index in [0.29, 0.717) is 6.04 Å². The second kappa shape index (κ2) is 3.87. The zero-order valence-corrected chi connectivity index (χ0v) is 12.2. The minimum atomic E-state index is -0.421. The summed E-state index contributed by atoms with van der Waals surface area (Å²) < 4.78 is 22.2. The van der Waals surface area contributed by atoms with E-state index in [9.17, 15) is 0 Å². The Kier molecular flexibility index (Phi) is 2.36. The molecule has 100 valence electrons. The van der Waals surface area contributed by atoms with Gasteiger partial charge in [-0.2, -0.15) is 0 Å². The summed E-state index contributed by atoms with van der Waals surface area (Å²) in [5.41, 5.74) is 1.24. The van der Waals surface area contributed by atoms with Crippen LogP contribution in [0.25, 0.3) is 10.9 Å². The lowest BCUT2D eigenvalue weighted by atomic mass is 9.77. The first kappa shape index (κ1) is 11.6. The maximum Gasteiger partial charge on any atom is 0.495 e. The fourth-order valence-corrected chi connectivity index (χ4v) is 2.42. The smallest absolute Gasteiger partial charge is 0.399 e. The summed E-state index contributed by atoms with van der Waals surface area (Å²) in [6.07, 6.45) is 2.00. The molecule has 0 spiro atoms. The van der Waals surface area contributed by atoms with Crippen molar-refractivity contribution in [1.82, 2.24) is 4.57 Å². The van der Waals surface area contributed by atoms with Gasteiger partial charge in [0, 0.05) is 18.8 Å². The molecule has 0 unspecified atom stereocenters. The van der Waals surface area contributed by atoms with Gasteiger partial charge in [0.1, 0.15) is 0 Å². The molecule has 0 N–H and O–H groups in total. The Hall–Kier alpha value is -1.26. The summed E-state index contributed by atoms with van der Waals surface area (Å²) in [5, 5.41) is 1.09. The van der Waals surface area contributed by atoms with Crippen LogP contribution >= 0.6 is 0 Å². The van der Waals surface area contributed by atoms with E-state index in [1.807, 2.05) is 57.6 Å². The van der Waals surface area contributed by atoms with E-state index in [2.05, 4.69) is 6.07 Å².